The second-order valence-electron chi connectivity index (χ2n) is 4.34. The number of benzene rings is 1. The maximum absolute atomic E-state index is 11.1. The SMILES string of the molecule is Cc1nn(C)cc1CNc1ccc(S(N)(=O)=O)cc1. The summed E-state index contributed by atoms with van der Waals surface area (Å²) in [5, 5.41) is 12.5. The molecule has 0 amide bonds. The molecule has 0 aliphatic heterocycles. The number of hydrogen-bond acceptors (Lipinski definition) is 4. The Hall–Kier alpha value is -1.86. The number of primary sulfonamides is 1. The number of hydrogen-bond donors (Lipinski definition) is 2. The molecule has 0 aliphatic carbocycles. The number of sulfonamides is 1. The van der Waals surface area contributed by atoms with Gasteiger partial charge < -0.3 is 5.32 Å². The first-order valence-corrected chi connectivity index (χ1v) is 7.27. The van der Waals surface area contributed by atoms with Gasteiger partial charge in [0.05, 0.1) is 10.6 Å². The maximum atomic E-state index is 11.1. The molecule has 2 aromatic rings. The van der Waals surface area contributed by atoms with Crippen LogP contribution in [-0.2, 0) is 23.6 Å². The van der Waals surface area contributed by atoms with Gasteiger partial charge in [0, 0.05) is 31.0 Å². The lowest BCUT2D eigenvalue weighted by Crippen LogP contribution is -2.12. The smallest absolute Gasteiger partial charge is 0.238 e. The largest absolute Gasteiger partial charge is 0.381 e. The van der Waals surface area contributed by atoms with Gasteiger partial charge in [-0.1, -0.05) is 0 Å². The van der Waals surface area contributed by atoms with Gasteiger partial charge in [-0.3, -0.25) is 4.68 Å². The van der Waals surface area contributed by atoms with Crippen molar-refractivity contribution >= 4 is 15.7 Å². The van der Waals surface area contributed by atoms with E-state index in [0.717, 1.165) is 16.9 Å². The Morgan fingerprint density at radius 2 is 1.95 bits per heavy atom. The lowest BCUT2D eigenvalue weighted by atomic mass is 10.2. The first-order chi connectivity index (χ1) is 8.86. The first-order valence-electron chi connectivity index (χ1n) is 5.72. The van der Waals surface area contributed by atoms with Crippen molar-refractivity contribution in [2.75, 3.05) is 5.32 Å². The number of nitrogens with two attached hydrogens (primary N) is 1. The molecule has 1 heterocycles. The summed E-state index contributed by atoms with van der Waals surface area (Å²) in [6, 6.07) is 6.33. The molecule has 2 rings (SSSR count). The monoisotopic (exact) mass is 280 g/mol. The van der Waals surface area contributed by atoms with E-state index < -0.39 is 10.0 Å². The molecular weight excluding hydrogens is 264 g/mol. The van der Waals surface area contributed by atoms with Gasteiger partial charge in [0.2, 0.25) is 10.0 Å². The fraction of sp³-hybridized carbons (Fsp3) is 0.250. The van der Waals surface area contributed by atoms with Crippen LogP contribution in [0, 0.1) is 6.92 Å². The van der Waals surface area contributed by atoms with Crippen LogP contribution in [0.5, 0.6) is 0 Å². The third-order valence-corrected chi connectivity index (χ3v) is 3.71. The topological polar surface area (TPSA) is 90.0 Å². The predicted molar refractivity (Wildman–Crippen MR) is 73.1 cm³/mol. The van der Waals surface area contributed by atoms with Crippen molar-refractivity contribution in [2.45, 2.75) is 18.4 Å². The van der Waals surface area contributed by atoms with Crippen LogP contribution in [0.4, 0.5) is 5.69 Å². The summed E-state index contributed by atoms with van der Waals surface area (Å²) in [7, 11) is -1.76. The minimum Gasteiger partial charge on any atom is -0.381 e. The van der Waals surface area contributed by atoms with Gasteiger partial charge in [0.15, 0.2) is 0 Å². The molecule has 19 heavy (non-hydrogen) atoms. The fourth-order valence-corrected chi connectivity index (χ4v) is 2.30. The highest BCUT2D eigenvalue weighted by Crippen LogP contribution is 2.14. The van der Waals surface area contributed by atoms with Crippen molar-refractivity contribution < 1.29 is 8.42 Å². The summed E-state index contributed by atoms with van der Waals surface area (Å²) >= 11 is 0. The van der Waals surface area contributed by atoms with E-state index in [2.05, 4.69) is 10.4 Å². The molecule has 0 radical (unpaired) electrons. The average Bonchev–Trinajstić information content (AvgIpc) is 2.65. The molecule has 0 saturated heterocycles. The van der Waals surface area contributed by atoms with Gasteiger partial charge >= 0.3 is 0 Å². The zero-order valence-electron chi connectivity index (χ0n) is 10.8. The summed E-state index contributed by atoms with van der Waals surface area (Å²) in [4.78, 5) is 0.107. The van der Waals surface area contributed by atoms with Crippen LogP contribution < -0.4 is 10.5 Å². The Morgan fingerprint density at radius 1 is 1.32 bits per heavy atom. The zero-order chi connectivity index (χ0) is 14.0. The maximum Gasteiger partial charge on any atom is 0.238 e. The van der Waals surface area contributed by atoms with Gasteiger partial charge in [0.1, 0.15) is 0 Å². The Bertz CT molecular complexity index is 674. The number of aryl methyl sites for hydroxylation is 2. The van der Waals surface area contributed by atoms with Gasteiger partial charge in [-0.25, -0.2) is 13.6 Å². The first kappa shape index (κ1) is 13.6. The lowest BCUT2D eigenvalue weighted by molar-refractivity contribution is 0.598. The molecule has 0 aliphatic rings. The van der Waals surface area contributed by atoms with Crippen molar-refractivity contribution in [1.82, 2.24) is 9.78 Å². The van der Waals surface area contributed by atoms with E-state index in [0.29, 0.717) is 6.54 Å². The highest BCUT2D eigenvalue weighted by molar-refractivity contribution is 7.89. The second kappa shape index (κ2) is 5.02. The van der Waals surface area contributed by atoms with Crippen LogP contribution in [0.2, 0.25) is 0 Å². The normalized spacial score (nSPS) is 11.5. The van der Waals surface area contributed by atoms with Crippen molar-refractivity contribution in [2.24, 2.45) is 12.2 Å². The second-order valence-corrected chi connectivity index (χ2v) is 5.90. The highest BCUT2D eigenvalue weighted by atomic mass is 32.2. The van der Waals surface area contributed by atoms with Crippen LogP contribution in [0.1, 0.15) is 11.3 Å². The molecule has 1 aromatic heterocycles. The predicted octanol–water partition coefficient (Wildman–Crippen LogP) is 0.988. The van der Waals surface area contributed by atoms with E-state index >= 15 is 0 Å². The zero-order valence-corrected chi connectivity index (χ0v) is 11.6. The third-order valence-electron chi connectivity index (χ3n) is 2.78. The molecule has 0 fully saturated rings. The number of anilines is 1. The van der Waals surface area contributed by atoms with E-state index in [1.54, 1.807) is 16.8 Å². The molecule has 7 heteroatoms. The molecule has 1 aromatic carbocycles. The Labute approximate surface area is 112 Å². The van der Waals surface area contributed by atoms with E-state index in [4.69, 9.17) is 5.14 Å². The quantitative estimate of drug-likeness (QED) is 0.873. The summed E-state index contributed by atoms with van der Waals surface area (Å²) in [6.07, 6.45) is 1.95. The van der Waals surface area contributed by atoms with Crippen molar-refractivity contribution in [3.63, 3.8) is 0 Å². The molecule has 102 valence electrons. The lowest BCUT2D eigenvalue weighted by Gasteiger charge is -2.06. The molecule has 0 saturated carbocycles. The van der Waals surface area contributed by atoms with E-state index in [1.165, 1.54) is 12.1 Å². The highest BCUT2D eigenvalue weighted by Gasteiger charge is 2.07. The third kappa shape index (κ3) is 3.33. The van der Waals surface area contributed by atoms with Crippen molar-refractivity contribution in [3.05, 3.63) is 41.7 Å². The van der Waals surface area contributed by atoms with Gasteiger partial charge in [-0.15, -0.1) is 0 Å². The molecule has 0 spiro atoms. The molecule has 0 unspecified atom stereocenters. The fourth-order valence-electron chi connectivity index (χ4n) is 1.78. The summed E-state index contributed by atoms with van der Waals surface area (Å²) in [5.41, 5.74) is 2.89. The minimum atomic E-state index is -3.63. The average molecular weight is 280 g/mol. The number of nitrogens with zero attached hydrogens (tertiary/aromatic N) is 2. The van der Waals surface area contributed by atoms with Gasteiger partial charge in [-0.05, 0) is 31.2 Å². The summed E-state index contributed by atoms with van der Waals surface area (Å²) < 4.78 is 24.0. The Kier molecular flexibility index (Phi) is 3.59. The van der Waals surface area contributed by atoms with E-state index in [1.807, 2.05) is 20.2 Å². The van der Waals surface area contributed by atoms with Crippen LogP contribution in [-0.4, -0.2) is 18.2 Å². The number of nitrogens with one attached hydrogen (secondary N) is 1. The van der Waals surface area contributed by atoms with Crippen molar-refractivity contribution in [1.29, 1.82) is 0 Å². The standard InChI is InChI=1S/C12H16N4O2S/c1-9-10(8-16(2)15-9)7-14-11-3-5-12(6-4-11)19(13,17)18/h3-6,8,14H,7H2,1-2H3,(H2,13,17,18). The molecule has 6 nitrogen and oxygen atoms in total. The molecule has 3 N–H and O–H groups in total. The molecule has 0 bridgehead atoms. The minimum absolute atomic E-state index is 0.107. The van der Waals surface area contributed by atoms with E-state index in [9.17, 15) is 8.42 Å². The van der Waals surface area contributed by atoms with Crippen molar-refractivity contribution in [3.8, 4) is 0 Å². The molecule has 0 atom stereocenters. The van der Waals surface area contributed by atoms with Crippen LogP contribution in [0.15, 0.2) is 35.4 Å². The van der Waals surface area contributed by atoms with Gasteiger partial charge in [0.25, 0.3) is 0 Å². The summed E-state index contributed by atoms with van der Waals surface area (Å²) in [6.45, 7) is 2.58. The van der Waals surface area contributed by atoms with Crippen LogP contribution in [0.25, 0.3) is 0 Å². The Morgan fingerprint density at radius 3 is 2.42 bits per heavy atom. The van der Waals surface area contributed by atoms with Gasteiger partial charge in [-0.2, -0.15) is 5.10 Å². The number of rotatable bonds is 4. The summed E-state index contributed by atoms with van der Waals surface area (Å²) in [5.74, 6) is 0. The molecular formula is C12H16N4O2S. The van der Waals surface area contributed by atoms with Crippen LogP contribution >= 0.6 is 0 Å². The number of aromatic nitrogens is 2. The van der Waals surface area contributed by atoms with Crippen LogP contribution in [0.3, 0.4) is 0 Å². The van der Waals surface area contributed by atoms with E-state index in [-0.39, 0.29) is 4.90 Å². The Balaban J connectivity index is 2.07.